The minimum atomic E-state index is -0.884. The second-order valence-electron chi connectivity index (χ2n) is 6.04. The van der Waals surface area contributed by atoms with Gasteiger partial charge in [0.1, 0.15) is 16.7 Å². The molecule has 0 fully saturated rings. The molecule has 0 saturated carbocycles. The molecule has 1 aromatic carbocycles. The van der Waals surface area contributed by atoms with Crippen molar-refractivity contribution in [2.75, 3.05) is 5.32 Å². The van der Waals surface area contributed by atoms with Crippen LogP contribution in [0.5, 0.6) is 0 Å². The first-order chi connectivity index (χ1) is 11.5. The van der Waals surface area contributed by atoms with Gasteiger partial charge in [0, 0.05) is 10.4 Å². The van der Waals surface area contributed by atoms with E-state index in [4.69, 9.17) is 0 Å². The van der Waals surface area contributed by atoms with Crippen LogP contribution in [-0.2, 0) is 4.79 Å². The summed E-state index contributed by atoms with van der Waals surface area (Å²) in [6.07, 6.45) is 0. The lowest BCUT2D eigenvalue weighted by molar-refractivity contribution is -0.138. The first-order valence-corrected chi connectivity index (χ1v) is 8.60. The average Bonchev–Trinajstić information content (AvgIpc) is 2.92. The van der Waals surface area contributed by atoms with Crippen LogP contribution in [0.2, 0.25) is 0 Å². The van der Waals surface area contributed by atoms with Crippen LogP contribution in [0.1, 0.15) is 18.7 Å². The molecule has 1 unspecified atom stereocenters. The summed E-state index contributed by atoms with van der Waals surface area (Å²) in [6, 6.07) is 11.0. The summed E-state index contributed by atoms with van der Waals surface area (Å²) in [5.41, 5.74) is 0.907. The van der Waals surface area contributed by atoms with Crippen LogP contribution in [0, 0.1) is 12.8 Å². The molecule has 2 N–H and O–H groups in total. The summed E-state index contributed by atoms with van der Waals surface area (Å²) in [5.74, 6) is 0.224. The molecule has 2 heterocycles. The summed E-state index contributed by atoms with van der Waals surface area (Å²) in [4.78, 5) is 22.8. The van der Waals surface area contributed by atoms with Crippen LogP contribution in [-0.4, -0.2) is 27.1 Å². The highest BCUT2D eigenvalue weighted by molar-refractivity contribution is 7.18. The van der Waals surface area contributed by atoms with E-state index in [1.165, 1.54) is 0 Å². The number of hydrogen-bond donors (Lipinski definition) is 2. The second-order valence-corrected chi connectivity index (χ2v) is 7.28. The topological polar surface area (TPSA) is 75.1 Å². The van der Waals surface area contributed by atoms with Crippen molar-refractivity contribution >= 4 is 33.3 Å². The first kappa shape index (κ1) is 16.4. The normalized spacial score (nSPS) is 12.5. The lowest BCUT2D eigenvalue weighted by Gasteiger charge is -2.19. The lowest BCUT2D eigenvalue weighted by atomic mass is 10.0. The fourth-order valence-electron chi connectivity index (χ4n) is 2.53. The third kappa shape index (κ3) is 3.23. The molecular weight excluding hydrogens is 322 g/mol. The van der Waals surface area contributed by atoms with Crippen molar-refractivity contribution in [1.82, 2.24) is 9.97 Å². The molecule has 0 radical (unpaired) electrons. The summed E-state index contributed by atoms with van der Waals surface area (Å²) < 4.78 is 0. The zero-order valence-corrected chi connectivity index (χ0v) is 14.6. The number of aliphatic carboxylic acids is 1. The third-order valence-corrected chi connectivity index (χ3v) is 4.72. The van der Waals surface area contributed by atoms with Crippen molar-refractivity contribution in [3.63, 3.8) is 0 Å². The highest BCUT2D eigenvalue weighted by atomic mass is 32.1. The van der Waals surface area contributed by atoms with E-state index in [0.29, 0.717) is 11.6 Å². The Balaban J connectivity index is 2.13. The van der Waals surface area contributed by atoms with Crippen molar-refractivity contribution in [1.29, 1.82) is 0 Å². The van der Waals surface area contributed by atoms with Gasteiger partial charge in [-0.2, -0.15) is 0 Å². The van der Waals surface area contributed by atoms with Gasteiger partial charge in [0.15, 0.2) is 5.82 Å². The number of carbonyl (C=O) groups is 1. The van der Waals surface area contributed by atoms with Gasteiger partial charge in [0.05, 0.1) is 5.39 Å². The smallest absolute Gasteiger partial charge is 0.326 e. The Morgan fingerprint density at radius 1 is 1.21 bits per heavy atom. The highest BCUT2D eigenvalue weighted by Crippen LogP contribution is 2.31. The number of nitrogens with one attached hydrogen (secondary N) is 1. The molecule has 3 rings (SSSR count). The molecule has 5 nitrogen and oxygen atoms in total. The molecular formula is C18H19N3O2S. The lowest BCUT2D eigenvalue weighted by Crippen LogP contribution is -2.34. The summed E-state index contributed by atoms with van der Waals surface area (Å²) >= 11 is 1.58. The Bertz CT molecular complexity index is 875. The van der Waals surface area contributed by atoms with Crippen LogP contribution < -0.4 is 5.32 Å². The van der Waals surface area contributed by atoms with Gasteiger partial charge in [-0.05, 0) is 18.9 Å². The predicted molar refractivity (Wildman–Crippen MR) is 97.5 cm³/mol. The van der Waals surface area contributed by atoms with Gasteiger partial charge in [-0.3, -0.25) is 0 Å². The third-order valence-electron chi connectivity index (χ3n) is 3.77. The van der Waals surface area contributed by atoms with E-state index >= 15 is 0 Å². The predicted octanol–water partition coefficient (Wildman–Crippen LogP) is 4.19. The van der Waals surface area contributed by atoms with E-state index in [0.717, 1.165) is 20.7 Å². The average molecular weight is 341 g/mol. The fourth-order valence-corrected chi connectivity index (χ4v) is 3.41. The zero-order valence-electron chi connectivity index (χ0n) is 13.8. The second kappa shape index (κ2) is 6.57. The SMILES string of the molecule is Cc1cc2c(NC(C(=O)O)C(C)C)nc(-c3ccccc3)nc2s1. The van der Waals surface area contributed by atoms with Gasteiger partial charge < -0.3 is 10.4 Å². The zero-order chi connectivity index (χ0) is 17.3. The number of fused-ring (bicyclic) bond motifs is 1. The molecule has 6 heteroatoms. The van der Waals surface area contributed by atoms with Crippen LogP contribution >= 0.6 is 11.3 Å². The number of aromatic nitrogens is 2. The summed E-state index contributed by atoms with van der Waals surface area (Å²) in [6.45, 7) is 5.76. The number of benzene rings is 1. The molecule has 0 aliphatic heterocycles. The quantitative estimate of drug-likeness (QED) is 0.728. The van der Waals surface area contributed by atoms with E-state index in [-0.39, 0.29) is 5.92 Å². The van der Waals surface area contributed by atoms with Crippen LogP contribution in [0.15, 0.2) is 36.4 Å². The Kier molecular flexibility index (Phi) is 4.49. The first-order valence-electron chi connectivity index (χ1n) is 7.78. The standard InChI is InChI=1S/C18H19N3O2S/c1-10(2)14(18(22)23)19-16-13-9-11(3)24-17(13)21-15(20-16)12-7-5-4-6-8-12/h4-10,14H,1-3H3,(H,22,23)(H,19,20,21). The van der Waals surface area contributed by atoms with E-state index in [9.17, 15) is 9.90 Å². The van der Waals surface area contributed by atoms with Crippen molar-refractivity contribution < 1.29 is 9.90 Å². The molecule has 0 saturated heterocycles. The van der Waals surface area contributed by atoms with E-state index in [1.807, 2.05) is 57.2 Å². The van der Waals surface area contributed by atoms with Crippen molar-refractivity contribution in [2.45, 2.75) is 26.8 Å². The Labute approximate surface area is 144 Å². The van der Waals surface area contributed by atoms with Crippen molar-refractivity contribution in [3.8, 4) is 11.4 Å². The molecule has 0 aliphatic carbocycles. The van der Waals surface area contributed by atoms with Crippen LogP contribution in [0.3, 0.4) is 0 Å². The molecule has 3 aromatic rings. The van der Waals surface area contributed by atoms with Gasteiger partial charge in [0.2, 0.25) is 0 Å². The summed E-state index contributed by atoms with van der Waals surface area (Å²) in [5, 5.41) is 13.4. The molecule has 0 bridgehead atoms. The van der Waals surface area contributed by atoms with Crippen LogP contribution in [0.4, 0.5) is 5.82 Å². The fraction of sp³-hybridized carbons (Fsp3) is 0.278. The van der Waals surface area contributed by atoms with Gasteiger partial charge in [-0.25, -0.2) is 14.8 Å². The summed E-state index contributed by atoms with van der Waals surface area (Å²) in [7, 11) is 0. The maximum Gasteiger partial charge on any atom is 0.326 e. The largest absolute Gasteiger partial charge is 0.480 e. The number of aryl methyl sites for hydroxylation is 1. The number of hydrogen-bond acceptors (Lipinski definition) is 5. The minimum absolute atomic E-state index is 0.0626. The Morgan fingerprint density at radius 2 is 1.92 bits per heavy atom. The number of nitrogens with zero attached hydrogens (tertiary/aromatic N) is 2. The maximum absolute atomic E-state index is 11.5. The number of carboxylic acid groups (broad SMARTS) is 1. The van der Waals surface area contributed by atoms with Crippen LogP contribution in [0.25, 0.3) is 21.6 Å². The Hall–Kier alpha value is -2.47. The van der Waals surface area contributed by atoms with E-state index in [2.05, 4.69) is 15.3 Å². The van der Waals surface area contributed by atoms with Gasteiger partial charge >= 0.3 is 5.97 Å². The minimum Gasteiger partial charge on any atom is -0.480 e. The number of thiophene rings is 1. The van der Waals surface area contributed by atoms with Gasteiger partial charge in [-0.1, -0.05) is 44.2 Å². The molecule has 2 aromatic heterocycles. The molecule has 0 aliphatic rings. The van der Waals surface area contributed by atoms with Gasteiger partial charge in [0.25, 0.3) is 0 Å². The highest BCUT2D eigenvalue weighted by Gasteiger charge is 2.23. The number of rotatable bonds is 5. The maximum atomic E-state index is 11.5. The monoisotopic (exact) mass is 341 g/mol. The number of anilines is 1. The van der Waals surface area contributed by atoms with E-state index in [1.54, 1.807) is 11.3 Å². The Morgan fingerprint density at radius 3 is 2.54 bits per heavy atom. The van der Waals surface area contributed by atoms with Crippen molar-refractivity contribution in [2.24, 2.45) is 5.92 Å². The van der Waals surface area contributed by atoms with E-state index < -0.39 is 12.0 Å². The molecule has 0 spiro atoms. The van der Waals surface area contributed by atoms with Crippen molar-refractivity contribution in [3.05, 3.63) is 41.3 Å². The van der Waals surface area contributed by atoms with Gasteiger partial charge in [-0.15, -0.1) is 11.3 Å². The molecule has 24 heavy (non-hydrogen) atoms. The molecule has 1 atom stereocenters. The molecule has 0 amide bonds. The number of carboxylic acids is 1. The molecule has 124 valence electrons.